The van der Waals surface area contributed by atoms with Gasteiger partial charge in [-0.3, -0.25) is 4.79 Å². The summed E-state index contributed by atoms with van der Waals surface area (Å²) in [5.41, 5.74) is 1.74. The lowest BCUT2D eigenvalue weighted by Crippen LogP contribution is -2.38. The summed E-state index contributed by atoms with van der Waals surface area (Å²) in [5, 5.41) is 6.40. The maximum absolute atomic E-state index is 13.3. The molecule has 1 saturated heterocycles. The van der Waals surface area contributed by atoms with Gasteiger partial charge in [-0.25, -0.2) is 14.4 Å². The van der Waals surface area contributed by atoms with Gasteiger partial charge in [0.15, 0.2) is 10.3 Å². The zero-order chi connectivity index (χ0) is 17.4. The minimum Gasteiger partial charge on any atom is -0.348 e. The van der Waals surface area contributed by atoms with Gasteiger partial charge in [0.1, 0.15) is 5.82 Å². The molecule has 1 aliphatic heterocycles. The smallest absolute Gasteiger partial charge is 0.229 e. The third-order valence-electron chi connectivity index (χ3n) is 4.32. The van der Waals surface area contributed by atoms with Gasteiger partial charge in [-0.05, 0) is 38.0 Å². The quantitative estimate of drug-likeness (QED) is 0.749. The normalized spacial score (nSPS) is 15.7. The Hall–Kier alpha value is -2.06. The molecule has 0 spiro atoms. The van der Waals surface area contributed by atoms with E-state index in [9.17, 15) is 9.18 Å². The Morgan fingerprint density at radius 1 is 1.32 bits per heavy atom. The number of nitrogens with one attached hydrogen (secondary N) is 1. The first-order valence-electron chi connectivity index (χ1n) is 8.12. The number of halogens is 1. The maximum Gasteiger partial charge on any atom is 0.229 e. The Morgan fingerprint density at radius 2 is 2.12 bits per heavy atom. The highest BCUT2D eigenvalue weighted by Gasteiger charge is 2.27. The van der Waals surface area contributed by atoms with Crippen LogP contribution in [-0.2, 0) is 4.79 Å². The van der Waals surface area contributed by atoms with Crippen LogP contribution in [0.3, 0.4) is 0 Å². The van der Waals surface area contributed by atoms with Crippen LogP contribution in [0.2, 0.25) is 0 Å². The highest BCUT2D eigenvalue weighted by Crippen LogP contribution is 2.32. The van der Waals surface area contributed by atoms with Crippen LogP contribution in [0, 0.1) is 18.7 Å². The number of carbonyl (C=O) groups excluding carboxylic acids is 1. The van der Waals surface area contributed by atoms with E-state index in [1.165, 1.54) is 34.8 Å². The minimum atomic E-state index is -0.240. The van der Waals surface area contributed by atoms with E-state index in [2.05, 4.69) is 20.2 Å². The lowest BCUT2D eigenvalue weighted by atomic mass is 9.96. The summed E-state index contributed by atoms with van der Waals surface area (Å²) >= 11 is 2.95. The fourth-order valence-corrected chi connectivity index (χ4v) is 4.71. The number of fused-ring (bicyclic) bond motifs is 1. The highest BCUT2D eigenvalue weighted by atomic mass is 32.1. The zero-order valence-electron chi connectivity index (χ0n) is 13.7. The average molecular weight is 376 g/mol. The van der Waals surface area contributed by atoms with Gasteiger partial charge < -0.3 is 10.2 Å². The molecule has 25 heavy (non-hydrogen) atoms. The molecule has 1 aliphatic rings. The molecule has 0 atom stereocenters. The summed E-state index contributed by atoms with van der Waals surface area (Å²) < 4.78 is 14.2. The van der Waals surface area contributed by atoms with E-state index in [1.54, 1.807) is 6.07 Å². The van der Waals surface area contributed by atoms with E-state index in [4.69, 9.17) is 0 Å². The molecule has 3 heterocycles. The Labute approximate surface area is 152 Å². The van der Waals surface area contributed by atoms with Crippen molar-refractivity contribution >= 4 is 49.1 Å². The van der Waals surface area contributed by atoms with Crippen molar-refractivity contribution in [3.8, 4) is 0 Å². The monoisotopic (exact) mass is 376 g/mol. The number of nitrogens with zero attached hydrogens (tertiary/aromatic N) is 3. The van der Waals surface area contributed by atoms with Crippen LogP contribution in [0.15, 0.2) is 23.6 Å². The van der Waals surface area contributed by atoms with Crippen LogP contribution in [0.1, 0.15) is 18.5 Å². The SMILES string of the molecule is Cc1csc(NC(=O)C2CCN(c3nc4ccc(F)cc4s3)CC2)n1. The molecule has 2 aromatic heterocycles. The summed E-state index contributed by atoms with van der Waals surface area (Å²) in [6, 6.07) is 4.66. The van der Waals surface area contributed by atoms with Gasteiger partial charge in [0, 0.05) is 24.4 Å². The molecule has 1 amide bonds. The third-order valence-corrected chi connectivity index (χ3v) is 6.28. The summed E-state index contributed by atoms with van der Waals surface area (Å²) in [5.74, 6) is -0.205. The number of hydrogen-bond donors (Lipinski definition) is 1. The van der Waals surface area contributed by atoms with Crippen molar-refractivity contribution in [1.82, 2.24) is 9.97 Å². The number of carbonyl (C=O) groups is 1. The number of aryl methyl sites for hydroxylation is 1. The Kier molecular flexibility index (Phi) is 4.39. The third kappa shape index (κ3) is 3.50. The van der Waals surface area contributed by atoms with Crippen LogP contribution in [0.4, 0.5) is 14.7 Å². The van der Waals surface area contributed by atoms with Crippen molar-refractivity contribution < 1.29 is 9.18 Å². The standard InChI is InChI=1S/C17H17FN4OS2/c1-10-9-24-16(19-10)21-15(23)11-4-6-22(7-5-11)17-20-13-3-2-12(18)8-14(13)25-17/h2-3,8-9,11H,4-7H2,1H3,(H,19,21,23). The number of benzene rings is 1. The molecule has 1 N–H and O–H groups in total. The zero-order valence-corrected chi connectivity index (χ0v) is 15.3. The van der Waals surface area contributed by atoms with E-state index in [-0.39, 0.29) is 17.6 Å². The van der Waals surface area contributed by atoms with E-state index in [0.29, 0.717) is 5.13 Å². The maximum atomic E-state index is 13.3. The molecule has 1 fully saturated rings. The van der Waals surface area contributed by atoms with Crippen LogP contribution in [0.25, 0.3) is 10.2 Å². The lowest BCUT2D eigenvalue weighted by Gasteiger charge is -2.30. The second-order valence-corrected chi connectivity index (χ2v) is 8.02. The van der Waals surface area contributed by atoms with Gasteiger partial charge in [0.2, 0.25) is 5.91 Å². The van der Waals surface area contributed by atoms with E-state index >= 15 is 0 Å². The first-order valence-corrected chi connectivity index (χ1v) is 9.82. The number of amides is 1. The number of rotatable bonds is 3. The number of piperidine rings is 1. The molecule has 5 nitrogen and oxygen atoms in total. The van der Waals surface area contributed by atoms with Crippen molar-refractivity contribution in [3.63, 3.8) is 0 Å². The van der Waals surface area contributed by atoms with E-state index < -0.39 is 0 Å². The van der Waals surface area contributed by atoms with Gasteiger partial charge in [0.05, 0.1) is 15.9 Å². The summed E-state index contributed by atoms with van der Waals surface area (Å²) in [6.07, 6.45) is 1.56. The molecule has 3 aromatic rings. The van der Waals surface area contributed by atoms with E-state index in [1.807, 2.05) is 12.3 Å². The first kappa shape index (κ1) is 16.4. The topological polar surface area (TPSA) is 58.1 Å². The molecule has 0 aliphatic carbocycles. The summed E-state index contributed by atoms with van der Waals surface area (Å²) in [4.78, 5) is 23.4. The molecule has 130 valence electrons. The van der Waals surface area contributed by atoms with Gasteiger partial charge in [-0.2, -0.15) is 0 Å². The average Bonchev–Trinajstić information content (AvgIpc) is 3.20. The van der Waals surface area contributed by atoms with Gasteiger partial charge in [-0.15, -0.1) is 11.3 Å². The predicted octanol–water partition coefficient (Wildman–Crippen LogP) is 4.06. The highest BCUT2D eigenvalue weighted by molar-refractivity contribution is 7.22. The van der Waals surface area contributed by atoms with Crippen LogP contribution in [-0.4, -0.2) is 29.0 Å². The van der Waals surface area contributed by atoms with Crippen molar-refractivity contribution in [1.29, 1.82) is 0 Å². The predicted molar refractivity (Wildman–Crippen MR) is 100.0 cm³/mol. The summed E-state index contributed by atoms with van der Waals surface area (Å²) in [7, 11) is 0. The molecular weight excluding hydrogens is 359 g/mol. The van der Waals surface area contributed by atoms with E-state index in [0.717, 1.165) is 47.0 Å². The number of anilines is 2. The molecule has 4 rings (SSSR count). The number of hydrogen-bond acceptors (Lipinski definition) is 6. The second-order valence-electron chi connectivity index (χ2n) is 6.15. The molecule has 0 unspecified atom stereocenters. The Balaban J connectivity index is 1.39. The molecule has 0 radical (unpaired) electrons. The second kappa shape index (κ2) is 6.68. The molecule has 0 saturated carbocycles. The van der Waals surface area contributed by atoms with Crippen molar-refractivity contribution in [2.45, 2.75) is 19.8 Å². The fraction of sp³-hybridized carbons (Fsp3) is 0.353. The lowest BCUT2D eigenvalue weighted by molar-refractivity contribution is -0.120. The minimum absolute atomic E-state index is 0.00715. The summed E-state index contributed by atoms with van der Waals surface area (Å²) in [6.45, 7) is 3.46. The van der Waals surface area contributed by atoms with Crippen LogP contribution in [0.5, 0.6) is 0 Å². The Bertz CT molecular complexity index is 914. The van der Waals surface area contributed by atoms with Crippen LogP contribution >= 0.6 is 22.7 Å². The fourth-order valence-electron chi connectivity index (χ4n) is 2.97. The molecule has 0 bridgehead atoms. The van der Waals surface area contributed by atoms with Crippen molar-refractivity contribution in [3.05, 3.63) is 35.1 Å². The molecule has 8 heteroatoms. The number of aromatic nitrogens is 2. The van der Waals surface area contributed by atoms with Crippen molar-refractivity contribution in [2.24, 2.45) is 5.92 Å². The van der Waals surface area contributed by atoms with Gasteiger partial charge in [0.25, 0.3) is 0 Å². The Morgan fingerprint density at radius 3 is 2.84 bits per heavy atom. The first-order chi connectivity index (χ1) is 12.1. The largest absolute Gasteiger partial charge is 0.348 e. The van der Waals surface area contributed by atoms with Gasteiger partial charge >= 0.3 is 0 Å². The van der Waals surface area contributed by atoms with Crippen molar-refractivity contribution in [2.75, 3.05) is 23.3 Å². The van der Waals surface area contributed by atoms with Crippen LogP contribution < -0.4 is 10.2 Å². The molecular formula is C17H17FN4OS2. The molecule has 1 aromatic carbocycles. The van der Waals surface area contributed by atoms with Gasteiger partial charge in [-0.1, -0.05) is 11.3 Å². The number of thiazole rings is 2.